The zero-order chi connectivity index (χ0) is 12.1. The van der Waals surface area contributed by atoms with Crippen LogP contribution in [0.25, 0.3) is 0 Å². The fourth-order valence-electron chi connectivity index (χ4n) is 2.48. The molecule has 1 fully saturated rings. The lowest BCUT2D eigenvalue weighted by molar-refractivity contribution is 0.377. The van der Waals surface area contributed by atoms with Crippen molar-refractivity contribution in [3.8, 4) is 0 Å². The monoisotopic (exact) mass is 233 g/mol. The Kier molecular flexibility index (Phi) is 4.37. The van der Waals surface area contributed by atoms with Crippen LogP contribution in [0.2, 0.25) is 0 Å². The van der Waals surface area contributed by atoms with Crippen LogP contribution < -0.4 is 10.2 Å². The van der Waals surface area contributed by atoms with Gasteiger partial charge in [-0.25, -0.2) is 4.98 Å². The van der Waals surface area contributed by atoms with Gasteiger partial charge in [-0.3, -0.25) is 0 Å². The number of aromatic nitrogens is 1. The lowest BCUT2D eigenvalue weighted by Gasteiger charge is -2.30. The minimum absolute atomic E-state index is 0.769. The highest BCUT2D eigenvalue weighted by Crippen LogP contribution is 2.17. The van der Waals surface area contributed by atoms with E-state index in [-0.39, 0.29) is 0 Å². The molecule has 1 aliphatic rings. The van der Waals surface area contributed by atoms with Crippen LogP contribution in [0.4, 0.5) is 5.82 Å². The number of hydrogen-bond acceptors (Lipinski definition) is 3. The maximum atomic E-state index is 4.62. The molecule has 17 heavy (non-hydrogen) atoms. The molecule has 3 heteroatoms. The highest BCUT2D eigenvalue weighted by atomic mass is 15.2. The van der Waals surface area contributed by atoms with Crippen LogP contribution in [0.3, 0.4) is 0 Å². The van der Waals surface area contributed by atoms with Crippen LogP contribution in [0.1, 0.15) is 25.5 Å². The van der Waals surface area contributed by atoms with Gasteiger partial charge in [-0.05, 0) is 57.8 Å². The summed E-state index contributed by atoms with van der Waals surface area (Å²) in [6, 6.07) is 6.27. The standard InChI is InChI=1S/C14H23N3/c1-3-17(11-13-7-5-9-15-10-13)14-8-4-6-12(2)16-14/h4,6,8,13,15H,3,5,7,9-11H2,1-2H3. The first-order chi connectivity index (χ1) is 8.29. The molecule has 0 radical (unpaired) electrons. The third-order valence-corrected chi connectivity index (χ3v) is 3.46. The van der Waals surface area contributed by atoms with Crippen LogP contribution >= 0.6 is 0 Å². The smallest absolute Gasteiger partial charge is 0.128 e. The molecule has 0 saturated carbocycles. The highest BCUT2D eigenvalue weighted by molar-refractivity contribution is 5.39. The minimum Gasteiger partial charge on any atom is -0.357 e. The first-order valence-electron chi connectivity index (χ1n) is 6.69. The minimum atomic E-state index is 0.769. The van der Waals surface area contributed by atoms with E-state index in [1.165, 1.54) is 19.4 Å². The van der Waals surface area contributed by atoms with E-state index in [1.807, 2.05) is 0 Å². The summed E-state index contributed by atoms with van der Waals surface area (Å²) in [6.45, 7) is 8.76. The largest absolute Gasteiger partial charge is 0.357 e. The van der Waals surface area contributed by atoms with Gasteiger partial charge in [0.1, 0.15) is 5.82 Å². The summed E-state index contributed by atoms with van der Waals surface area (Å²) < 4.78 is 0. The Labute approximate surface area is 104 Å². The van der Waals surface area contributed by atoms with Crippen molar-refractivity contribution < 1.29 is 0 Å². The number of pyridine rings is 1. The van der Waals surface area contributed by atoms with Crippen molar-refractivity contribution in [3.05, 3.63) is 23.9 Å². The molecule has 94 valence electrons. The van der Waals surface area contributed by atoms with E-state index in [1.54, 1.807) is 0 Å². The fourth-order valence-corrected chi connectivity index (χ4v) is 2.48. The molecule has 1 N–H and O–H groups in total. The van der Waals surface area contributed by atoms with Gasteiger partial charge in [0.15, 0.2) is 0 Å². The Morgan fingerprint density at radius 3 is 3.00 bits per heavy atom. The SMILES string of the molecule is CCN(CC1CCCNC1)c1cccc(C)n1. The number of anilines is 1. The topological polar surface area (TPSA) is 28.2 Å². The summed E-state index contributed by atoms with van der Waals surface area (Å²) in [4.78, 5) is 7.01. The van der Waals surface area contributed by atoms with Gasteiger partial charge in [0.25, 0.3) is 0 Å². The van der Waals surface area contributed by atoms with Crippen LogP contribution in [0, 0.1) is 12.8 Å². The normalized spacial score (nSPS) is 20.2. The molecule has 0 bridgehead atoms. The van der Waals surface area contributed by atoms with E-state index in [0.29, 0.717) is 0 Å². The second-order valence-corrected chi connectivity index (χ2v) is 4.89. The van der Waals surface area contributed by atoms with E-state index >= 15 is 0 Å². The summed E-state index contributed by atoms with van der Waals surface area (Å²) in [5.74, 6) is 1.89. The quantitative estimate of drug-likeness (QED) is 0.864. The van der Waals surface area contributed by atoms with Gasteiger partial charge in [-0.1, -0.05) is 6.07 Å². The van der Waals surface area contributed by atoms with Crippen molar-refractivity contribution in [1.29, 1.82) is 0 Å². The summed E-state index contributed by atoms with van der Waals surface area (Å²) >= 11 is 0. The lowest BCUT2D eigenvalue weighted by atomic mass is 9.99. The molecule has 1 unspecified atom stereocenters. The Balaban J connectivity index is 2.00. The molecule has 1 aliphatic heterocycles. The summed E-state index contributed by atoms with van der Waals surface area (Å²) in [6.07, 6.45) is 2.65. The number of nitrogens with one attached hydrogen (secondary N) is 1. The van der Waals surface area contributed by atoms with Crippen molar-refractivity contribution in [2.24, 2.45) is 5.92 Å². The number of hydrogen-bond donors (Lipinski definition) is 1. The van der Waals surface area contributed by atoms with E-state index in [0.717, 1.165) is 37.1 Å². The van der Waals surface area contributed by atoms with Gasteiger partial charge in [-0.15, -0.1) is 0 Å². The number of piperidine rings is 1. The zero-order valence-electron chi connectivity index (χ0n) is 10.9. The van der Waals surface area contributed by atoms with Crippen molar-refractivity contribution in [1.82, 2.24) is 10.3 Å². The average molecular weight is 233 g/mol. The van der Waals surface area contributed by atoms with Crippen LogP contribution in [-0.2, 0) is 0 Å². The summed E-state index contributed by atoms with van der Waals surface area (Å²) in [7, 11) is 0. The number of rotatable bonds is 4. The van der Waals surface area contributed by atoms with E-state index in [2.05, 4.69) is 47.2 Å². The molecule has 0 amide bonds. The fraction of sp³-hybridized carbons (Fsp3) is 0.643. The third kappa shape index (κ3) is 3.43. The van der Waals surface area contributed by atoms with E-state index in [4.69, 9.17) is 0 Å². The Hall–Kier alpha value is -1.09. The number of nitrogens with zero attached hydrogens (tertiary/aromatic N) is 2. The van der Waals surface area contributed by atoms with Crippen LogP contribution in [0.15, 0.2) is 18.2 Å². The number of aryl methyl sites for hydroxylation is 1. The molecular weight excluding hydrogens is 210 g/mol. The molecule has 0 aliphatic carbocycles. The Morgan fingerprint density at radius 2 is 2.35 bits per heavy atom. The predicted octanol–water partition coefficient (Wildman–Crippen LogP) is 2.22. The maximum absolute atomic E-state index is 4.62. The summed E-state index contributed by atoms with van der Waals surface area (Å²) in [5, 5.41) is 3.48. The molecule has 1 aromatic heterocycles. The van der Waals surface area contributed by atoms with Crippen molar-refractivity contribution in [2.45, 2.75) is 26.7 Å². The average Bonchev–Trinajstić information content (AvgIpc) is 2.37. The highest BCUT2D eigenvalue weighted by Gasteiger charge is 2.16. The first-order valence-corrected chi connectivity index (χ1v) is 6.69. The van der Waals surface area contributed by atoms with Crippen molar-refractivity contribution in [2.75, 3.05) is 31.1 Å². The second kappa shape index (κ2) is 6.01. The second-order valence-electron chi connectivity index (χ2n) is 4.89. The van der Waals surface area contributed by atoms with Crippen LogP contribution in [0.5, 0.6) is 0 Å². The van der Waals surface area contributed by atoms with E-state index < -0.39 is 0 Å². The molecule has 3 nitrogen and oxygen atoms in total. The van der Waals surface area contributed by atoms with Gasteiger partial charge in [-0.2, -0.15) is 0 Å². The first kappa shape index (κ1) is 12.4. The lowest BCUT2D eigenvalue weighted by Crippen LogP contribution is -2.38. The molecule has 2 heterocycles. The molecule has 1 saturated heterocycles. The van der Waals surface area contributed by atoms with E-state index in [9.17, 15) is 0 Å². The molecule has 2 rings (SSSR count). The van der Waals surface area contributed by atoms with Crippen molar-refractivity contribution in [3.63, 3.8) is 0 Å². The zero-order valence-corrected chi connectivity index (χ0v) is 10.9. The van der Waals surface area contributed by atoms with Gasteiger partial charge >= 0.3 is 0 Å². The van der Waals surface area contributed by atoms with Gasteiger partial charge in [0, 0.05) is 18.8 Å². The predicted molar refractivity (Wildman–Crippen MR) is 72.5 cm³/mol. The Morgan fingerprint density at radius 1 is 1.47 bits per heavy atom. The van der Waals surface area contributed by atoms with Crippen molar-refractivity contribution >= 4 is 5.82 Å². The molecule has 1 atom stereocenters. The molecule has 1 aromatic rings. The van der Waals surface area contributed by atoms with Gasteiger partial charge in [0.2, 0.25) is 0 Å². The Bertz CT molecular complexity index is 345. The van der Waals surface area contributed by atoms with Crippen LogP contribution in [-0.4, -0.2) is 31.2 Å². The third-order valence-electron chi connectivity index (χ3n) is 3.46. The maximum Gasteiger partial charge on any atom is 0.128 e. The van der Waals surface area contributed by atoms with Gasteiger partial charge in [0.05, 0.1) is 0 Å². The molecule has 0 spiro atoms. The molecular formula is C14H23N3. The molecule has 0 aromatic carbocycles. The van der Waals surface area contributed by atoms with Gasteiger partial charge < -0.3 is 10.2 Å². The summed E-state index contributed by atoms with van der Waals surface area (Å²) in [5.41, 5.74) is 1.10.